The molecular weight excluding hydrogens is 1230 g/mol. The fourth-order valence-corrected chi connectivity index (χ4v) is 13.0. The molecule has 5 atom stereocenters. The number of hydrogen-bond donors (Lipinski definition) is 3. The van der Waals surface area contributed by atoms with Crippen LogP contribution in [0, 0.1) is 17.8 Å². The molecule has 0 saturated carbocycles. The minimum absolute atomic E-state index is 0.105. The van der Waals surface area contributed by atoms with Gasteiger partial charge in [-0.05, 0) is 43.4 Å². The summed E-state index contributed by atoms with van der Waals surface area (Å²) in [5, 5.41) is 10.6. The maximum Gasteiger partial charge on any atom is 0.472 e. The highest BCUT2D eigenvalue weighted by Crippen LogP contribution is 2.45. The molecule has 0 aliphatic rings. The van der Waals surface area contributed by atoms with Gasteiger partial charge in [0.15, 0.2) is 12.2 Å². The largest absolute Gasteiger partial charge is 0.472 e. The molecule has 558 valence electrons. The van der Waals surface area contributed by atoms with Crippen molar-refractivity contribution in [2.24, 2.45) is 17.8 Å². The Kier molecular flexibility index (Phi) is 64.3. The van der Waals surface area contributed by atoms with Crippen LogP contribution in [0.2, 0.25) is 0 Å². The van der Waals surface area contributed by atoms with Gasteiger partial charge in [0.2, 0.25) is 0 Å². The number of esters is 4. The Morgan fingerprint density at radius 3 is 0.723 bits per heavy atom. The first-order chi connectivity index (χ1) is 45.2. The predicted octanol–water partition coefficient (Wildman–Crippen LogP) is 21.8. The summed E-state index contributed by atoms with van der Waals surface area (Å²) in [7, 11) is -9.91. The smallest absolute Gasteiger partial charge is 0.462 e. The molecule has 3 N–H and O–H groups in total. The number of phosphoric acid groups is 2. The molecule has 0 aromatic carbocycles. The van der Waals surface area contributed by atoms with E-state index in [1.807, 2.05) is 0 Å². The SMILES string of the molecule is CCCCCCCCCCCCCCCCCC(=O)OC[C@H](COP(=O)(O)OC[C@@H](O)COP(=O)(O)OC[C@@H](COC(=O)CCCCCCCCCCC(C)C)OC(=O)CCCCCCCCCCCC(C)C)OC(=O)CCCCCCCCCCCCCCCC(C)C. The first-order valence-corrected chi connectivity index (χ1v) is 41.8. The lowest BCUT2D eigenvalue weighted by molar-refractivity contribution is -0.161. The Hall–Kier alpha value is -1.94. The molecule has 0 aromatic rings. The molecular formula is C75H146O17P2. The molecule has 0 heterocycles. The van der Waals surface area contributed by atoms with E-state index in [9.17, 15) is 43.2 Å². The zero-order valence-electron chi connectivity index (χ0n) is 61.4. The van der Waals surface area contributed by atoms with Gasteiger partial charge in [-0.2, -0.15) is 0 Å². The molecule has 0 spiro atoms. The summed E-state index contributed by atoms with van der Waals surface area (Å²) in [6, 6.07) is 0. The molecule has 0 aliphatic heterocycles. The Morgan fingerprint density at radius 2 is 0.489 bits per heavy atom. The van der Waals surface area contributed by atoms with Crippen molar-refractivity contribution < 1.29 is 80.2 Å². The number of aliphatic hydroxyl groups excluding tert-OH is 1. The summed E-state index contributed by atoms with van der Waals surface area (Å²) in [5.74, 6) is 0.130. The van der Waals surface area contributed by atoms with Crippen LogP contribution < -0.4 is 0 Å². The van der Waals surface area contributed by atoms with Crippen molar-refractivity contribution in [1.82, 2.24) is 0 Å². The lowest BCUT2D eigenvalue weighted by Crippen LogP contribution is -2.30. The van der Waals surface area contributed by atoms with Crippen LogP contribution in [0.1, 0.15) is 382 Å². The number of aliphatic hydroxyl groups is 1. The molecule has 17 nitrogen and oxygen atoms in total. The molecule has 94 heavy (non-hydrogen) atoms. The Labute approximate surface area is 575 Å². The maximum absolute atomic E-state index is 13.1. The van der Waals surface area contributed by atoms with Crippen LogP contribution in [0.3, 0.4) is 0 Å². The van der Waals surface area contributed by atoms with Gasteiger partial charge in [0.05, 0.1) is 26.4 Å². The van der Waals surface area contributed by atoms with Gasteiger partial charge in [0.25, 0.3) is 0 Å². The van der Waals surface area contributed by atoms with Gasteiger partial charge in [0.1, 0.15) is 19.3 Å². The highest BCUT2D eigenvalue weighted by atomic mass is 31.2. The van der Waals surface area contributed by atoms with Crippen LogP contribution in [0.25, 0.3) is 0 Å². The van der Waals surface area contributed by atoms with E-state index in [0.29, 0.717) is 25.7 Å². The molecule has 0 bridgehead atoms. The van der Waals surface area contributed by atoms with Crippen LogP contribution >= 0.6 is 15.6 Å². The van der Waals surface area contributed by atoms with Crippen molar-refractivity contribution in [2.75, 3.05) is 39.6 Å². The Balaban J connectivity index is 5.26. The number of phosphoric ester groups is 2. The van der Waals surface area contributed by atoms with E-state index in [1.54, 1.807) is 0 Å². The third-order valence-corrected chi connectivity index (χ3v) is 19.3. The zero-order valence-corrected chi connectivity index (χ0v) is 63.2. The lowest BCUT2D eigenvalue weighted by Gasteiger charge is -2.21. The molecule has 0 radical (unpaired) electrons. The molecule has 0 saturated heterocycles. The van der Waals surface area contributed by atoms with E-state index in [0.717, 1.165) is 108 Å². The maximum atomic E-state index is 13.1. The number of ether oxygens (including phenoxy) is 4. The van der Waals surface area contributed by atoms with Crippen LogP contribution in [0.15, 0.2) is 0 Å². The van der Waals surface area contributed by atoms with Gasteiger partial charge in [-0.15, -0.1) is 0 Å². The fraction of sp³-hybridized carbons (Fsp3) is 0.947. The second-order valence-corrected chi connectivity index (χ2v) is 31.4. The molecule has 0 rings (SSSR count). The van der Waals surface area contributed by atoms with Crippen molar-refractivity contribution in [3.8, 4) is 0 Å². The van der Waals surface area contributed by atoms with Crippen molar-refractivity contribution in [3.05, 3.63) is 0 Å². The summed E-state index contributed by atoms with van der Waals surface area (Å²) in [5.41, 5.74) is 0. The normalized spacial score (nSPS) is 14.1. The number of rotatable bonds is 73. The molecule has 19 heteroatoms. The summed E-state index contributed by atoms with van der Waals surface area (Å²) >= 11 is 0. The summed E-state index contributed by atoms with van der Waals surface area (Å²) < 4.78 is 68.5. The predicted molar refractivity (Wildman–Crippen MR) is 381 cm³/mol. The van der Waals surface area contributed by atoms with E-state index >= 15 is 0 Å². The number of carbonyl (C=O) groups is 4. The number of hydrogen-bond acceptors (Lipinski definition) is 15. The molecule has 2 unspecified atom stereocenters. The number of carbonyl (C=O) groups excluding carboxylic acids is 4. The van der Waals surface area contributed by atoms with E-state index in [2.05, 4.69) is 48.5 Å². The average molecular weight is 1380 g/mol. The quantitative estimate of drug-likeness (QED) is 0.0222. The van der Waals surface area contributed by atoms with Gasteiger partial charge < -0.3 is 33.8 Å². The highest BCUT2D eigenvalue weighted by molar-refractivity contribution is 7.47. The fourth-order valence-electron chi connectivity index (χ4n) is 11.4. The van der Waals surface area contributed by atoms with Crippen LogP contribution in [0.4, 0.5) is 0 Å². The van der Waals surface area contributed by atoms with Crippen LogP contribution in [-0.2, 0) is 65.4 Å². The van der Waals surface area contributed by atoms with Crippen molar-refractivity contribution in [1.29, 1.82) is 0 Å². The third-order valence-electron chi connectivity index (χ3n) is 17.4. The Bertz CT molecular complexity index is 1840. The highest BCUT2D eigenvalue weighted by Gasteiger charge is 2.30. The minimum atomic E-state index is -4.96. The van der Waals surface area contributed by atoms with Crippen molar-refractivity contribution in [3.63, 3.8) is 0 Å². The van der Waals surface area contributed by atoms with Crippen LogP contribution in [0.5, 0.6) is 0 Å². The molecule has 0 aromatic heterocycles. The second-order valence-electron chi connectivity index (χ2n) is 28.5. The topological polar surface area (TPSA) is 237 Å². The van der Waals surface area contributed by atoms with E-state index < -0.39 is 97.5 Å². The summed E-state index contributed by atoms with van der Waals surface area (Å²) in [6.45, 7) is 11.9. The van der Waals surface area contributed by atoms with E-state index in [4.69, 9.17) is 37.0 Å². The van der Waals surface area contributed by atoms with Gasteiger partial charge in [-0.25, -0.2) is 9.13 Å². The van der Waals surface area contributed by atoms with Gasteiger partial charge >= 0.3 is 39.5 Å². The van der Waals surface area contributed by atoms with Gasteiger partial charge in [-0.1, -0.05) is 331 Å². The monoisotopic (exact) mass is 1380 g/mol. The Morgan fingerprint density at radius 1 is 0.287 bits per heavy atom. The molecule has 0 fully saturated rings. The van der Waals surface area contributed by atoms with E-state index in [-0.39, 0.29) is 25.7 Å². The molecule has 0 aliphatic carbocycles. The van der Waals surface area contributed by atoms with Gasteiger partial charge in [-0.3, -0.25) is 37.3 Å². The van der Waals surface area contributed by atoms with E-state index in [1.165, 1.54) is 193 Å². The summed E-state index contributed by atoms with van der Waals surface area (Å²) in [4.78, 5) is 72.8. The van der Waals surface area contributed by atoms with Crippen molar-refractivity contribution in [2.45, 2.75) is 401 Å². The number of unbranched alkanes of at least 4 members (excludes halogenated alkanes) is 41. The van der Waals surface area contributed by atoms with Crippen LogP contribution in [-0.4, -0.2) is 96.7 Å². The third kappa shape index (κ3) is 68.6. The first kappa shape index (κ1) is 92.1. The average Bonchev–Trinajstić information content (AvgIpc) is 1.41. The zero-order chi connectivity index (χ0) is 69.4. The van der Waals surface area contributed by atoms with Crippen molar-refractivity contribution >= 4 is 39.5 Å². The molecule has 0 amide bonds. The minimum Gasteiger partial charge on any atom is -0.462 e. The lowest BCUT2D eigenvalue weighted by atomic mass is 10.0. The standard InChI is InChI=1S/C75H146O17P2/c1-8-9-10-11-12-13-14-15-16-19-22-27-35-42-49-56-72(77)85-62-70(91-74(79)58-51-44-37-28-23-20-17-18-21-25-32-39-46-53-66(2)3)64-89-93(81,82)87-60-69(76)61-88-94(83,84)90-65-71(63-86-73(78)57-50-43-36-31-30-34-41-48-55-68(6)7)92-75(80)59-52-45-38-29-24-26-33-40-47-54-67(4)5/h66-71,76H,8-65H2,1-7H3,(H,81,82)(H,83,84)/t69-,70-,71-/m1/s1. The summed E-state index contributed by atoms with van der Waals surface area (Å²) in [6.07, 6.45) is 51.3. The first-order valence-electron chi connectivity index (χ1n) is 38.8. The second kappa shape index (κ2) is 65.7. The van der Waals surface area contributed by atoms with Gasteiger partial charge in [0, 0.05) is 25.7 Å².